The minimum absolute atomic E-state index is 0. The van der Waals surface area contributed by atoms with E-state index in [1.54, 1.807) is 24.9 Å². The van der Waals surface area contributed by atoms with Crippen LogP contribution in [0.3, 0.4) is 0 Å². The Bertz CT molecular complexity index is 500. The van der Waals surface area contributed by atoms with Crippen LogP contribution in [-0.4, -0.2) is 44.1 Å². The van der Waals surface area contributed by atoms with Crippen molar-refractivity contribution < 1.29 is 9.13 Å². The molecule has 0 spiro atoms. The van der Waals surface area contributed by atoms with E-state index in [9.17, 15) is 4.39 Å². The molecule has 1 rings (SSSR count). The van der Waals surface area contributed by atoms with Crippen LogP contribution < -0.4 is 10.6 Å². The number of hydrogen-bond acceptors (Lipinski definition) is 3. The van der Waals surface area contributed by atoms with E-state index in [0.29, 0.717) is 12.3 Å². The van der Waals surface area contributed by atoms with E-state index in [-0.39, 0.29) is 35.4 Å². The maximum absolute atomic E-state index is 13.5. The molecule has 0 aliphatic heterocycles. The lowest BCUT2D eigenvalue weighted by molar-refractivity contribution is 0.0311. The predicted octanol–water partition coefficient (Wildman–Crippen LogP) is 3.66. The summed E-state index contributed by atoms with van der Waals surface area (Å²) in [5, 5.41) is 6.50. The number of nitrogens with zero attached hydrogens (tertiary/aromatic N) is 1. The quantitative estimate of drug-likeness (QED) is 0.251. The minimum atomic E-state index is -0.276. The summed E-state index contributed by atoms with van der Waals surface area (Å²) in [6, 6.07) is 6.91. The first-order valence-corrected chi connectivity index (χ1v) is 9.02. The second kappa shape index (κ2) is 12.8. The molecule has 0 aromatic heterocycles. The summed E-state index contributed by atoms with van der Waals surface area (Å²) in [5.41, 5.74) is 0.474. The van der Waals surface area contributed by atoms with Gasteiger partial charge < -0.3 is 15.4 Å². The Morgan fingerprint density at radius 3 is 2.62 bits per heavy atom. The average molecular weight is 469 g/mol. The summed E-state index contributed by atoms with van der Waals surface area (Å²) in [6.07, 6.45) is 0. The number of aliphatic imine (C=N–C) groups is 1. The van der Waals surface area contributed by atoms with Gasteiger partial charge in [0.15, 0.2) is 5.96 Å². The van der Waals surface area contributed by atoms with Crippen LogP contribution in [0, 0.1) is 5.82 Å². The molecule has 1 aromatic rings. The second-order valence-corrected chi connectivity index (χ2v) is 6.83. The van der Waals surface area contributed by atoms with Crippen molar-refractivity contribution in [1.82, 2.24) is 10.6 Å². The lowest BCUT2D eigenvalue weighted by Crippen LogP contribution is -2.40. The van der Waals surface area contributed by atoms with Gasteiger partial charge in [0.1, 0.15) is 5.82 Å². The lowest BCUT2D eigenvalue weighted by Gasteiger charge is -2.21. The van der Waals surface area contributed by atoms with Crippen molar-refractivity contribution in [2.45, 2.75) is 32.1 Å². The van der Waals surface area contributed by atoms with Gasteiger partial charge in [0, 0.05) is 31.7 Å². The van der Waals surface area contributed by atoms with Crippen LogP contribution >= 0.6 is 35.7 Å². The van der Waals surface area contributed by atoms with Crippen LogP contribution in [0.15, 0.2) is 29.3 Å². The van der Waals surface area contributed by atoms with Crippen molar-refractivity contribution in [2.75, 3.05) is 32.5 Å². The molecule has 0 unspecified atom stereocenters. The Hall–Kier alpha value is -0.540. The van der Waals surface area contributed by atoms with Crippen molar-refractivity contribution in [3.63, 3.8) is 0 Å². The van der Waals surface area contributed by atoms with Crippen LogP contribution in [0.2, 0.25) is 0 Å². The maximum atomic E-state index is 13.5. The van der Waals surface area contributed by atoms with Crippen LogP contribution in [0.4, 0.5) is 4.39 Å². The number of hydrogen-bond donors (Lipinski definition) is 2. The highest BCUT2D eigenvalue weighted by molar-refractivity contribution is 14.0. The number of methoxy groups -OCH3 is 1. The number of halogens is 2. The molecule has 0 saturated carbocycles. The molecule has 1 aromatic carbocycles. The van der Waals surface area contributed by atoms with Gasteiger partial charge in [-0.1, -0.05) is 18.2 Å². The molecule has 0 saturated heterocycles. The predicted molar refractivity (Wildman–Crippen MR) is 113 cm³/mol. The number of guanidine groups is 1. The third-order valence-corrected chi connectivity index (χ3v) is 4.28. The topological polar surface area (TPSA) is 45.7 Å². The highest BCUT2D eigenvalue weighted by Gasteiger charge is 2.15. The minimum Gasteiger partial charge on any atom is -0.377 e. The van der Waals surface area contributed by atoms with Gasteiger partial charge in [-0.25, -0.2) is 4.39 Å². The molecule has 0 atom stereocenters. The fourth-order valence-electron chi connectivity index (χ4n) is 1.71. The molecular formula is C17H29FIN3OS. The first-order valence-electron chi connectivity index (χ1n) is 7.87. The van der Waals surface area contributed by atoms with Gasteiger partial charge in [-0.3, -0.25) is 4.99 Å². The zero-order valence-electron chi connectivity index (χ0n) is 14.9. The standard InChI is InChI=1S/C17H28FN3OS.HI/c1-5-19-16(21-13-17(2,3)22-4)20-10-11-23-12-14-8-6-7-9-15(14)18;/h6-9H,5,10-13H2,1-4H3,(H2,19,20,21);1H. The first-order chi connectivity index (χ1) is 11.0. The van der Waals surface area contributed by atoms with Gasteiger partial charge >= 0.3 is 0 Å². The SMILES string of the molecule is CCNC(=NCC(C)(C)OC)NCCSCc1ccccc1F.I. The molecule has 24 heavy (non-hydrogen) atoms. The van der Waals surface area contributed by atoms with E-state index in [0.717, 1.165) is 30.4 Å². The molecular weight excluding hydrogens is 440 g/mol. The van der Waals surface area contributed by atoms with Crippen LogP contribution in [0.25, 0.3) is 0 Å². The second-order valence-electron chi connectivity index (χ2n) is 5.73. The number of thioether (sulfide) groups is 1. The van der Waals surface area contributed by atoms with Crippen molar-refractivity contribution in [3.05, 3.63) is 35.6 Å². The molecule has 0 amide bonds. The third-order valence-electron chi connectivity index (χ3n) is 3.27. The molecule has 4 nitrogen and oxygen atoms in total. The molecule has 2 N–H and O–H groups in total. The number of ether oxygens (including phenoxy) is 1. The van der Waals surface area contributed by atoms with Gasteiger partial charge in [0.25, 0.3) is 0 Å². The first kappa shape index (κ1) is 23.5. The monoisotopic (exact) mass is 469 g/mol. The zero-order valence-corrected chi connectivity index (χ0v) is 18.0. The molecule has 138 valence electrons. The summed E-state index contributed by atoms with van der Waals surface area (Å²) >= 11 is 1.70. The van der Waals surface area contributed by atoms with Crippen molar-refractivity contribution in [1.29, 1.82) is 0 Å². The van der Waals surface area contributed by atoms with E-state index in [1.165, 1.54) is 6.07 Å². The zero-order chi connectivity index (χ0) is 17.1. The molecule has 0 aliphatic rings. The molecule has 7 heteroatoms. The maximum Gasteiger partial charge on any atom is 0.191 e. The normalized spacial score (nSPS) is 11.8. The number of nitrogens with one attached hydrogen (secondary N) is 2. The Morgan fingerprint density at radius 2 is 2.00 bits per heavy atom. The summed E-state index contributed by atoms with van der Waals surface area (Å²) in [6.45, 7) is 8.21. The number of benzene rings is 1. The van der Waals surface area contributed by atoms with Gasteiger partial charge in [-0.05, 0) is 32.4 Å². The summed E-state index contributed by atoms with van der Waals surface area (Å²) < 4.78 is 18.9. The molecule has 0 fully saturated rings. The van der Waals surface area contributed by atoms with Gasteiger partial charge in [-0.2, -0.15) is 11.8 Å². The Kier molecular flexibility index (Phi) is 12.5. The van der Waals surface area contributed by atoms with Crippen molar-refractivity contribution in [2.24, 2.45) is 4.99 Å². The van der Waals surface area contributed by atoms with Gasteiger partial charge in [-0.15, -0.1) is 24.0 Å². The van der Waals surface area contributed by atoms with Crippen LogP contribution in [-0.2, 0) is 10.5 Å². The summed E-state index contributed by atoms with van der Waals surface area (Å²) in [4.78, 5) is 4.53. The van der Waals surface area contributed by atoms with E-state index in [4.69, 9.17) is 4.74 Å². The fourth-order valence-corrected chi connectivity index (χ4v) is 2.56. The van der Waals surface area contributed by atoms with Gasteiger partial charge in [0.2, 0.25) is 0 Å². The van der Waals surface area contributed by atoms with E-state index >= 15 is 0 Å². The van der Waals surface area contributed by atoms with E-state index in [1.807, 2.05) is 32.9 Å². The average Bonchev–Trinajstić information content (AvgIpc) is 2.54. The van der Waals surface area contributed by atoms with E-state index < -0.39 is 0 Å². The van der Waals surface area contributed by atoms with Gasteiger partial charge in [0.05, 0.1) is 12.1 Å². The number of rotatable bonds is 9. The Labute approximate surface area is 166 Å². The van der Waals surface area contributed by atoms with Crippen LogP contribution in [0.1, 0.15) is 26.3 Å². The summed E-state index contributed by atoms with van der Waals surface area (Å²) in [5.74, 6) is 2.21. The summed E-state index contributed by atoms with van der Waals surface area (Å²) in [7, 11) is 1.69. The highest BCUT2D eigenvalue weighted by atomic mass is 127. The largest absolute Gasteiger partial charge is 0.377 e. The molecule has 0 radical (unpaired) electrons. The third kappa shape index (κ3) is 9.68. The van der Waals surface area contributed by atoms with E-state index in [2.05, 4.69) is 15.6 Å². The fraction of sp³-hybridized carbons (Fsp3) is 0.588. The highest BCUT2D eigenvalue weighted by Crippen LogP contribution is 2.14. The van der Waals surface area contributed by atoms with Crippen LogP contribution in [0.5, 0.6) is 0 Å². The molecule has 0 heterocycles. The van der Waals surface area contributed by atoms with Crippen molar-refractivity contribution in [3.8, 4) is 0 Å². The molecule has 0 aliphatic carbocycles. The Morgan fingerprint density at radius 1 is 1.29 bits per heavy atom. The Balaban J connectivity index is 0.00000529. The van der Waals surface area contributed by atoms with Crippen molar-refractivity contribution >= 4 is 41.7 Å². The molecule has 0 bridgehead atoms. The smallest absolute Gasteiger partial charge is 0.191 e. The lowest BCUT2D eigenvalue weighted by atomic mass is 10.1.